The fraction of sp³-hybridized carbons (Fsp3) is 0.676. The van der Waals surface area contributed by atoms with Gasteiger partial charge in [0.1, 0.15) is 6.04 Å². The molecule has 0 radical (unpaired) electrons. The summed E-state index contributed by atoms with van der Waals surface area (Å²) in [5.41, 5.74) is 2.01. The minimum absolute atomic E-state index is 0.0443. The first-order valence-electron chi connectivity index (χ1n) is 15.8. The Morgan fingerprint density at radius 2 is 1.54 bits per heavy atom. The van der Waals surface area contributed by atoms with Crippen LogP contribution in [0.15, 0.2) is 42.0 Å². The Morgan fingerprint density at radius 3 is 2.10 bits per heavy atom. The van der Waals surface area contributed by atoms with Gasteiger partial charge in [-0.2, -0.15) is 0 Å². The number of nitrogens with one attached hydrogen (secondary N) is 1. The normalized spacial score (nSPS) is 20.8. The maximum atomic E-state index is 13.9. The molecular formula is C34H54N4O3. The lowest BCUT2D eigenvalue weighted by molar-refractivity contribution is -0.140. The summed E-state index contributed by atoms with van der Waals surface area (Å²) in [6.07, 6.45) is 6.82. The molecule has 7 heteroatoms. The first-order valence-corrected chi connectivity index (χ1v) is 15.8. The topological polar surface area (TPSA) is 73.0 Å². The molecule has 0 aromatic heterocycles. The Morgan fingerprint density at radius 1 is 0.902 bits per heavy atom. The van der Waals surface area contributed by atoms with Crippen molar-refractivity contribution in [2.24, 2.45) is 11.8 Å². The summed E-state index contributed by atoms with van der Waals surface area (Å²) >= 11 is 0. The van der Waals surface area contributed by atoms with E-state index >= 15 is 0 Å². The van der Waals surface area contributed by atoms with Gasteiger partial charge in [-0.15, -0.1) is 0 Å². The molecule has 1 N–H and O–H groups in total. The van der Waals surface area contributed by atoms with E-state index in [0.29, 0.717) is 11.5 Å². The van der Waals surface area contributed by atoms with Crippen molar-refractivity contribution in [2.45, 2.75) is 111 Å². The second kappa shape index (κ2) is 15.0. The average molecular weight is 567 g/mol. The third-order valence-electron chi connectivity index (χ3n) is 9.03. The second-order valence-corrected chi connectivity index (χ2v) is 13.1. The number of hydrogen-bond donors (Lipinski definition) is 1. The highest BCUT2D eigenvalue weighted by molar-refractivity contribution is 5.93. The minimum atomic E-state index is -0.619. The number of hydrogen-bond acceptors (Lipinski definition) is 4. The predicted octanol–water partition coefficient (Wildman–Crippen LogP) is 5.23. The van der Waals surface area contributed by atoms with Crippen LogP contribution >= 0.6 is 0 Å². The number of carbonyl (C=O) groups excluding carboxylic acids is 3. The van der Waals surface area contributed by atoms with Gasteiger partial charge >= 0.3 is 0 Å². The van der Waals surface area contributed by atoms with Gasteiger partial charge < -0.3 is 15.1 Å². The number of carbonyl (C=O) groups is 3. The number of amides is 3. The van der Waals surface area contributed by atoms with Gasteiger partial charge in [0, 0.05) is 31.8 Å². The highest BCUT2D eigenvalue weighted by Crippen LogP contribution is 2.29. The molecule has 1 unspecified atom stereocenters. The number of piperidine rings is 2. The molecule has 3 atom stereocenters. The molecule has 0 spiro atoms. The van der Waals surface area contributed by atoms with Crippen molar-refractivity contribution in [1.29, 1.82) is 0 Å². The SMILES string of the molecule is C/C(=C\[C@H](C(C)C)N(C)C(=O)[C@@H](NC(=O)C1CCCCN1C(C)C)C(C)C)C(=O)N1CCC(c2ccccc2)CC1. The van der Waals surface area contributed by atoms with Crippen molar-refractivity contribution in [3.05, 3.63) is 47.5 Å². The zero-order valence-corrected chi connectivity index (χ0v) is 26.7. The highest BCUT2D eigenvalue weighted by Gasteiger charge is 2.36. The fourth-order valence-electron chi connectivity index (χ4n) is 6.45. The molecule has 2 fully saturated rings. The van der Waals surface area contributed by atoms with Crippen molar-refractivity contribution in [2.75, 3.05) is 26.7 Å². The van der Waals surface area contributed by atoms with Crippen LogP contribution in [-0.4, -0.2) is 83.3 Å². The quantitative estimate of drug-likeness (QED) is 0.394. The van der Waals surface area contributed by atoms with E-state index in [2.05, 4.69) is 62.2 Å². The summed E-state index contributed by atoms with van der Waals surface area (Å²) < 4.78 is 0. The molecule has 2 saturated heterocycles. The number of nitrogens with zero attached hydrogens (tertiary/aromatic N) is 3. The summed E-state index contributed by atoms with van der Waals surface area (Å²) in [6.45, 7) is 16.6. The van der Waals surface area contributed by atoms with Crippen LogP contribution in [0, 0.1) is 11.8 Å². The highest BCUT2D eigenvalue weighted by atomic mass is 16.2. The van der Waals surface area contributed by atoms with Crippen LogP contribution in [0.4, 0.5) is 0 Å². The lowest BCUT2D eigenvalue weighted by Gasteiger charge is -2.39. The first-order chi connectivity index (χ1) is 19.4. The van der Waals surface area contributed by atoms with Crippen LogP contribution < -0.4 is 5.32 Å². The van der Waals surface area contributed by atoms with E-state index < -0.39 is 6.04 Å². The fourth-order valence-corrected chi connectivity index (χ4v) is 6.45. The van der Waals surface area contributed by atoms with Gasteiger partial charge in [0.15, 0.2) is 0 Å². The first kappa shape index (κ1) is 32.8. The molecule has 0 saturated carbocycles. The average Bonchev–Trinajstić information content (AvgIpc) is 2.97. The van der Waals surface area contributed by atoms with Crippen LogP contribution in [-0.2, 0) is 14.4 Å². The summed E-state index contributed by atoms with van der Waals surface area (Å²) in [7, 11) is 1.80. The van der Waals surface area contributed by atoms with E-state index in [4.69, 9.17) is 0 Å². The van der Waals surface area contributed by atoms with Gasteiger partial charge in [-0.3, -0.25) is 19.3 Å². The smallest absolute Gasteiger partial charge is 0.249 e. The molecule has 1 aromatic rings. The standard InChI is InChI=1S/C34H54N4O3/c1-23(2)30(22-26(7)33(40)37-20-17-28(18-21-37)27-14-10-9-11-15-27)36(8)34(41)31(24(3)4)35-32(39)29-16-12-13-19-38(29)25(5)6/h9-11,14-15,22-25,28-31H,12-13,16-21H2,1-8H3,(H,35,39)/b26-22+/t29?,30-,31+/m1/s1. The summed E-state index contributed by atoms with van der Waals surface area (Å²) in [6, 6.07) is 9.75. The Kier molecular flexibility index (Phi) is 12.0. The molecule has 2 heterocycles. The maximum Gasteiger partial charge on any atom is 0.249 e. The van der Waals surface area contributed by atoms with Gasteiger partial charge in [-0.1, -0.05) is 70.5 Å². The molecule has 0 aliphatic carbocycles. The Hall–Kier alpha value is -2.67. The Labute approximate surface area is 248 Å². The summed E-state index contributed by atoms with van der Waals surface area (Å²) in [5.74, 6) is 0.410. The summed E-state index contributed by atoms with van der Waals surface area (Å²) in [5, 5.41) is 3.12. The number of likely N-dealkylation sites (tertiary alicyclic amines) is 2. The molecule has 228 valence electrons. The monoisotopic (exact) mass is 566 g/mol. The minimum Gasteiger partial charge on any atom is -0.343 e. The van der Waals surface area contributed by atoms with E-state index in [1.54, 1.807) is 11.9 Å². The van der Waals surface area contributed by atoms with E-state index in [0.717, 1.165) is 51.7 Å². The van der Waals surface area contributed by atoms with E-state index in [1.165, 1.54) is 5.56 Å². The van der Waals surface area contributed by atoms with Gasteiger partial charge in [0.2, 0.25) is 17.7 Å². The van der Waals surface area contributed by atoms with Crippen molar-refractivity contribution >= 4 is 17.7 Å². The van der Waals surface area contributed by atoms with Crippen molar-refractivity contribution < 1.29 is 14.4 Å². The van der Waals surface area contributed by atoms with Crippen LogP contribution in [0.2, 0.25) is 0 Å². The number of rotatable bonds is 10. The molecule has 7 nitrogen and oxygen atoms in total. The van der Waals surface area contributed by atoms with Crippen LogP contribution in [0.1, 0.15) is 92.1 Å². The molecule has 41 heavy (non-hydrogen) atoms. The molecule has 0 bridgehead atoms. The van der Waals surface area contributed by atoms with E-state index in [9.17, 15) is 14.4 Å². The summed E-state index contributed by atoms with van der Waals surface area (Å²) in [4.78, 5) is 46.7. The third-order valence-corrected chi connectivity index (χ3v) is 9.03. The van der Waals surface area contributed by atoms with Crippen molar-refractivity contribution in [3.8, 4) is 0 Å². The Bertz CT molecular complexity index is 1040. The second-order valence-electron chi connectivity index (χ2n) is 13.1. The maximum absolute atomic E-state index is 13.9. The van der Waals surface area contributed by atoms with Gasteiger partial charge in [-0.05, 0) is 76.3 Å². The molecule has 2 aliphatic heterocycles. The van der Waals surface area contributed by atoms with Crippen LogP contribution in [0.3, 0.4) is 0 Å². The zero-order chi connectivity index (χ0) is 30.3. The number of benzene rings is 1. The molecule has 3 rings (SSSR count). The molecule has 1 aromatic carbocycles. The number of likely N-dealkylation sites (N-methyl/N-ethyl adjacent to an activating group) is 1. The van der Waals surface area contributed by atoms with Gasteiger partial charge in [-0.25, -0.2) is 0 Å². The van der Waals surface area contributed by atoms with Crippen LogP contribution in [0.5, 0.6) is 0 Å². The molecule has 3 amide bonds. The van der Waals surface area contributed by atoms with Crippen molar-refractivity contribution in [3.63, 3.8) is 0 Å². The lowest BCUT2D eigenvalue weighted by atomic mass is 9.89. The zero-order valence-electron chi connectivity index (χ0n) is 26.7. The van der Waals surface area contributed by atoms with E-state index in [1.807, 2.05) is 37.8 Å². The van der Waals surface area contributed by atoms with Gasteiger partial charge in [0.05, 0.1) is 12.1 Å². The Balaban J connectivity index is 1.68. The van der Waals surface area contributed by atoms with E-state index in [-0.39, 0.29) is 47.7 Å². The largest absolute Gasteiger partial charge is 0.343 e. The van der Waals surface area contributed by atoms with Crippen LogP contribution in [0.25, 0.3) is 0 Å². The van der Waals surface area contributed by atoms with Crippen molar-refractivity contribution in [1.82, 2.24) is 20.0 Å². The molecule has 2 aliphatic rings. The van der Waals surface area contributed by atoms with Gasteiger partial charge in [0.25, 0.3) is 0 Å². The lowest BCUT2D eigenvalue weighted by Crippen LogP contribution is -2.58. The predicted molar refractivity (Wildman–Crippen MR) is 166 cm³/mol. The third kappa shape index (κ3) is 8.43. The molecular weight excluding hydrogens is 512 g/mol.